The fourth-order valence-electron chi connectivity index (χ4n) is 3.84. The monoisotopic (exact) mass is 271 g/mol. The zero-order chi connectivity index (χ0) is 13.6. The Kier molecular flexibility index (Phi) is 3.08. The van der Waals surface area contributed by atoms with Crippen LogP contribution in [0.5, 0.6) is 0 Å². The second-order valence-electron chi connectivity index (χ2n) is 7.19. The van der Waals surface area contributed by atoms with Crippen molar-refractivity contribution in [3.63, 3.8) is 0 Å². The first-order valence-electron chi connectivity index (χ1n) is 8.13. The average molecular weight is 271 g/mol. The van der Waals surface area contributed by atoms with E-state index in [0.717, 1.165) is 24.4 Å². The van der Waals surface area contributed by atoms with Gasteiger partial charge >= 0.3 is 0 Å². The third kappa shape index (κ3) is 2.38. The van der Waals surface area contributed by atoms with Crippen molar-refractivity contribution in [3.8, 4) is 0 Å². The number of rotatable bonds is 4. The fraction of sp³-hybridized carbons (Fsp3) is 0.706. The molecule has 2 saturated carbocycles. The summed E-state index contributed by atoms with van der Waals surface area (Å²) < 4.78 is 0. The molecule has 1 saturated heterocycles. The van der Waals surface area contributed by atoms with Gasteiger partial charge in [-0.15, -0.1) is 0 Å². The molecule has 0 aromatic carbocycles. The van der Waals surface area contributed by atoms with Gasteiger partial charge in [0.25, 0.3) is 0 Å². The van der Waals surface area contributed by atoms with E-state index >= 15 is 0 Å². The van der Waals surface area contributed by atoms with E-state index in [1.807, 2.05) is 12.4 Å². The first kappa shape index (κ1) is 12.8. The lowest BCUT2D eigenvalue weighted by Gasteiger charge is -2.49. The highest BCUT2D eigenvalue weighted by Crippen LogP contribution is 2.46. The molecule has 3 fully saturated rings. The summed E-state index contributed by atoms with van der Waals surface area (Å²) in [7, 11) is 0. The maximum atomic E-state index is 4.14. The molecule has 1 aromatic rings. The normalized spacial score (nSPS) is 35.1. The second kappa shape index (κ2) is 4.81. The van der Waals surface area contributed by atoms with Crippen LogP contribution in [0.2, 0.25) is 0 Å². The Balaban J connectivity index is 1.53. The largest absolute Gasteiger partial charge is 0.311 e. The van der Waals surface area contributed by atoms with Crippen molar-refractivity contribution in [2.75, 3.05) is 13.1 Å². The summed E-state index contributed by atoms with van der Waals surface area (Å²) in [4.78, 5) is 6.91. The maximum absolute atomic E-state index is 4.14. The van der Waals surface area contributed by atoms with Crippen LogP contribution < -0.4 is 5.32 Å². The lowest BCUT2D eigenvalue weighted by Crippen LogP contribution is -2.64. The lowest BCUT2D eigenvalue weighted by atomic mass is 9.88. The third-order valence-electron chi connectivity index (χ3n) is 5.63. The van der Waals surface area contributed by atoms with Crippen molar-refractivity contribution in [3.05, 3.63) is 30.1 Å². The number of piperazine rings is 1. The summed E-state index contributed by atoms with van der Waals surface area (Å²) >= 11 is 0. The molecule has 0 spiro atoms. The predicted molar refractivity (Wildman–Crippen MR) is 80.3 cm³/mol. The van der Waals surface area contributed by atoms with E-state index in [4.69, 9.17) is 0 Å². The van der Waals surface area contributed by atoms with Gasteiger partial charge in [-0.25, -0.2) is 0 Å². The summed E-state index contributed by atoms with van der Waals surface area (Å²) in [6.07, 6.45) is 9.54. The molecule has 3 heteroatoms. The predicted octanol–water partition coefficient (Wildman–Crippen LogP) is 2.43. The molecule has 2 unspecified atom stereocenters. The molecular weight excluding hydrogens is 246 g/mol. The second-order valence-corrected chi connectivity index (χ2v) is 7.19. The van der Waals surface area contributed by atoms with Crippen molar-refractivity contribution in [1.82, 2.24) is 15.2 Å². The van der Waals surface area contributed by atoms with Crippen molar-refractivity contribution < 1.29 is 0 Å². The van der Waals surface area contributed by atoms with Crippen LogP contribution in [0.1, 0.15) is 38.2 Å². The van der Waals surface area contributed by atoms with Crippen LogP contribution in [0.25, 0.3) is 0 Å². The molecule has 2 aliphatic carbocycles. The highest BCUT2D eigenvalue weighted by molar-refractivity contribution is 5.13. The summed E-state index contributed by atoms with van der Waals surface area (Å²) in [5, 5.41) is 3.85. The van der Waals surface area contributed by atoms with Gasteiger partial charge < -0.3 is 5.32 Å². The highest BCUT2D eigenvalue weighted by atomic mass is 15.3. The molecule has 108 valence electrons. The lowest BCUT2D eigenvalue weighted by molar-refractivity contribution is 0.0234. The first-order chi connectivity index (χ1) is 9.75. The topological polar surface area (TPSA) is 28.2 Å². The molecule has 3 nitrogen and oxygen atoms in total. The van der Waals surface area contributed by atoms with Crippen molar-refractivity contribution in [2.45, 2.75) is 50.7 Å². The molecule has 2 heterocycles. The van der Waals surface area contributed by atoms with Gasteiger partial charge in [-0.05, 0) is 62.1 Å². The number of hydrogen-bond acceptors (Lipinski definition) is 3. The molecule has 0 radical (unpaired) electrons. The summed E-state index contributed by atoms with van der Waals surface area (Å²) in [5.74, 6) is 1.84. The molecule has 0 bridgehead atoms. The number of nitrogens with zero attached hydrogens (tertiary/aromatic N) is 2. The van der Waals surface area contributed by atoms with Gasteiger partial charge in [0.05, 0.1) is 0 Å². The van der Waals surface area contributed by atoms with Crippen LogP contribution in [-0.2, 0) is 6.54 Å². The van der Waals surface area contributed by atoms with E-state index in [1.165, 1.54) is 44.3 Å². The van der Waals surface area contributed by atoms with Gasteiger partial charge in [-0.2, -0.15) is 0 Å². The Bertz CT molecular complexity index is 466. The molecule has 0 amide bonds. The minimum Gasteiger partial charge on any atom is -0.311 e. The quantitative estimate of drug-likeness (QED) is 0.911. The number of aromatic nitrogens is 1. The van der Waals surface area contributed by atoms with E-state index in [9.17, 15) is 0 Å². The van der Waals surface area contributed by atoms with Crippen LogP contribution in [-0.4, -0.2) is 34.6 Å². The Morgan fingerprint density at radius 3 is 2.65 bits per heavy atom. The van der Waals surface area contributed by atoms with Gasteiger partial charge in [0.15, 0.2) is 0 Å². The molecule has 20 heavy (non-hydrogen) atoms. The van der Waals surface area contributed by atoms with E-state index in [-0.39, 0.29) is 0 Å². The van der Waals surface area contributed by atoms with Gasteiger partial charge in [0, 0.05) is 43.6 Å². The zero-order valence-corrected chi connectivity index (χ0v) is 12.4. The van der Waals surface area contributed by atoms with Crippen LogP contribution in [0.4, 0.5) is 0 Å². The summed E-state index contributed by atoms with van der Waals surface area (Å²) in [6.45, 7) is 5.95. The SMILES string of the molecule is CC1(C2CC2)CNC(C2CC2)CN1Cc1ccncc1. The Labute approximate surface area is 121 Å². The van der Waals surface area contributed by atoms with Gasteiger partial charge in [-0.3, -0.25) is 9.88 Å². The van der Waals surface area contributed by atoms with Crippen molar-refractivity contribution >= 4 is 0 Å². The minimum atomic E-state index is 0.356. The molecule has 3 aliphatic rings. The molecule has 2 atom stereocenters. The van der Waals surface area contributed by atoms with Gasteiger partial charge in [0.2, 0.25) is 0 Å². The highest BCUT2D eigenvalue weighted by Gasteiger charge is 2.49. The zero-order valence-electron chi connectivity index (χ0n) is 12.4. The molecule has 4 rings (SSSR count). The summed E-state index contributed by atoms with van der Waals surface area (Å²) in [5.41, 5.74) is 1.76. The number of hydrogen-bond donors (Lipinski definition) is 1. The van der Waals surface area contributed by atoms with E-state index < -0.39 is 0 Å². The molecule has 1 aliphatic heterocycles. The Hall–Kier alpha value is -0.930. The third-order valence-corrected chi connectivity index (χ3v) is 5.63. The van der Waals surface area contributed by atoms with Crippen LogP contribution in [0.15, 0.2) is 24.5 Å². The Morgan fingerprint density at radius 1 is 1.25 bits per heavy atom. The van der Waals surface area contributed by atoms with Gasteiger partial charge in [0.1, 0.15) is 0 Å². The molecular formula is C17H25N3. The first-order valence-corrected chi connectivity index (χ1v) is 8.13. The standard InChI is InChI=1S/C17H25N3/c1-17(15-4-5-15)12-19-16(14-2-3-14)11-20(17)10-13-6-8-18-9-7-13/h6-9,14-16,19H,2-5,10-12H2,1H3. The smallest absolute Gasteiger partial charge is 0.0338 e. The van der Waals surface area contributed by atoms with E-state index in [2.05, 4.69) is 34.3 Å². The average Bonchev–Trinajstić information content (AvgIpc) is 3.33. The number of nitrogens with one attached hydrogen (secondary N) is 1. The van der Waals surface area contributed by atoms with Gasteiger partial charge in [-0.1, -0.05) is 0 Å². The van der Waals surface area contributed by atoms with Crippen molar-refractivity contribution in [2.24, 2.45) is 11.8 Å². The van der Waals surface area contributed by atoms with E-state index in [1.54, 1.807) is 0 Å². The van der Waals surface area contributed by atoms with Crippen LogP contribution in [0, 0.1) is 11.8 Å². The minimum absolute atomic E-state index is 0.356. The number of pyridine rings is 1. The summed E-state index contributed by atoms with van der Waals surface area (Å²) in [6, 6.07) is 5.06. The maximum Gasteiger partial charge on any atom is 0.0338 e. The van der Waals surface area contributed by atoms with Crippen LogP contribution >= 0.6 is 0 Å². The molecule has 1 aromatic heterocycles. The molecule has 1 N–H and O–H groups in total. The van der Waals surface area contributed by atoms with Crippen LogP contribution in [0.3, 0.4) is 0 Å². The fourth-order valence-corrected chi connectivity index (χ4v) is 3.84. The van der Waals surface area contributed by atoms with E-state index in [0.29, 0.717) is 5.54 Å². The Morgan fingerprint density at radius 2 is 2.00 bits per heavy atom. The van der Waals surface area contributed by atoms with Crippen molar-refractivity contribution in [1.29, 1.82) is 0 Å².